The van der Waals surface area contributed by atoms with E-state index in [0.29, 0.717) is 0 Å². The first-order valence-corrected chi connectivity index (χ1v) is 6.12. The van der Waals surface area contributed by atoms with Crippen LogP contribution >= 0.6 is 0 Å². The fraction of sp³-hybridized carbons (Fsp3) is 0.750. The summed E-state index contributed by atoms with van der Waals surface area (Å²) in [6, 6.07) is 2.02. The second-order valence-electron chi connectivity index (χ2n) is 4.75. The maximum absolute atomic E-state index is 5.61. The fourth-order valence-corrected chi connectivity index (χ4v) is 2.49. The molecule has 1 aromatic heterocycles. The van der Waals surface area contributed by atoms with Gasteiger partial charge in [0.1, 0.15) is 5.76 Å². The first kappa shape index (κ1) is 11.6. The van der Waals surface area contributed by atoms with Crippen LogP contribution in [0.4, 0.5) is 0 Å². The van der Waals surface area contributed by atoms with E-state index in [1.807, 2.05) is 13.0 Å². The van der Waals surface area contributed by atoms with E-state index in [-0.39, 0.29) is 0 Å². The van der Waals surface area contributed by atoms with E-state index in [1.165, 1.54) is 19.4 Å². The molecule has 0 radical (unpaired) electrons. The van der Waals surface area contributed by atoms with Gasteiger partial charge in [0.05, 0.1) is 5.69 Å². The molecule has 1 aliphatic rings. The van der Waals surface area contributed by atoms with Crippen molar-refractivity contribution < 1.29 is 4.52 Å². The molecule has 0 amide bonds. The highest BCUT2D eigenvalue weighted by Crippen LogP contribution is 2.20. The Balaban J connectivity index is 1.85. The van der Waals surface area contributed by atoms with E-state index in [1.54, 1.807) is 0 Å². The van der Waals surface area contributed by atoms with Crippen molar-refractivity contribution >= 4 is 0 Å². The third kappa shape index (κ3) is 3.06. The van der Waals surface area contributed by atoms with Crippen LogP contribution in [0.25, 0.3) is 0 Å². The molecule has 2 rings (SSSR count). The minimum atomic E-state index is 0.770. The largest absolute Gasteiger partial charge is 0.361 e. The van der Waals surface area contributed by atoms with Crippen molar-refractivity contribution in [2.75, 3.05) is 19.6 Å². The van der Waals surface area contributed by atoms with Crippen LogP contribution in [0.5, 0.6) is 0 Å². The average Bonchev–Trinajstić information content (AvgIpc) is 2.65. The molecule has 1 aliphatic heterocycles. The molecule has 1 atom stereocenters. The normalized spacial score (nSPS) is 22.5. The summed E-state index contributed by atoms with van der Waals surface area (Å²) in [5, 5.41) is 4.04. The smallest absolute Gasteiger partial charge is 0.133 e. The summed E-state index contributed by atoms with van der Waals surface area (Å²) >= 11 is 0. The van der Waals surface area contributed by atoms with E-state index < -0.39 is 0 Å². The highest BCUT2D eigenvalue weighted by molar-refractivity contribution is 5.03. The van der Waals surface area contributed by atoms with Crippen molar-refractivity contribution in [2.24, 2.45) is 11.7 Å². The summed E-state index contributed by atoms with van der Waals surface area (Å²) in [5.41, 5.74) is 6.66. The molecule has 1 fully saturated rings. The van der Waals surface area contributed by atoms with Crippen molar-refractivity contribution in [3.63, 3.8) is 0 Å². The summed E-state index contributed by atoms with van der Waals surface area (Å²) in [5.74, 6) is 1.66. The quantitative estimate of drug-likeness (QED) is 0.841. The van der Waals surface area contributed by atoms with Crippen LogP contribution in [0, 0.1) is 12.8 Å². The molecule has 2 N–H and O–H groups in total. The van der Waals surface area contributed by atoms with Crippen LogP contribution in [-0.2, 0) is 6.54 Å². The van der Waals surface area contributed by atoms with Crippen LogP contribution in [0.2, 0.25) is 0 Å². The Morgan fingerprint density at radius 2 is 2.50 bits per heavy atom. The van der Waals surface area contributed by atoms with Gasteiger partial charge in [-0.25, -0.2) is 0 Å². The first-order chi connectivity index (χ1) is 7.78. The van der Waals surface area contributed by atoms with E-state index >= 15 is 0 Å². The molecule has 0 aliphatic carbocycles. The summed E-state index contributed by atoms with van der Waals surface area (Å²) in [6.07, 6.45) is 3.75. The zero-order valence-electron chi connectivity index (χ0n) is 9.98. The number of piperidine rings is 1. The van der Waals surface area contributed by atoms with Gasteiger partial charge in [0.2, 0.25) is 0 Å². The van der Waals surface area contributed by atoms with Crippen LogP contribution in [0.3, 0.4) is 0 Å². The second kappa shape index (κ2) is 5.46. The van der Waals surface area contributed by atoms with Gasteiger partial charge < -0.3 is 10.3 Å². The van der Waals surface area contributed by atoms with Gasteiger partial charge in [-0.2, -0.15) is 0 Å². The SMILES string of the molecule is Cc1cc(CN2CCCC(CCN)C2)no1. The van der Waals surface area contributed by atoms with E-state index in [4.69, 9.17) is 10.3 Å². The van der Waals surface area contributed by atoms with Crippen LogP contribution < -0.4 is 5.73 Å². The zero-order valence-corrected chi connectivity index (χ0v) is 9.98. The Morgan fingerprint density at radius 1 is 1.62 bits per heavy atom. The van der Waals surface area contributed by atoms with Gasteiger partial charge in [-0.1, -0.05) is 5.16 Å². The second-order valence-corrected chi connectivity index (χ2v) is 4.75. The molecule has 1 saturated heterocycles. The number of likely N-dealkylation sites (tertiary alicyclic amines) is 1. The Kier molecular flexibility index (Phi) is 3.96. The van der Waals surface area contributed by atoms with Gasteiger partial charge in [0, 0.05) is 19.2 Å². The van der Waals surface area contributed by atoms with E-state index in [0.717, 1.165) is 43.4 Å². The fourth-order valence-electron chi connectivity index (χ4n) is 2.49. The Labute approximate surface area is 96.8 Å². The summed E-state index contributed by atoms with van der Waals surface area (Å²) in [7, 11) is 0. The Hall–Kier alpha value is -0.870. The highest BCUT2D eigenvalue weighted by Gasteiger charge is 2.19. The molecule has 90 valence electrons. The average molecular weight is 223 g/mol. The van der Waals surface area contributed by atoms with Crippen LogP contribution in [0.15, 0.2) is 10.6 Å². The third-order valence-corrected chi connectivity index (χ3v) is 3.24. The topological polar surface area (TPSA) is 55.3 Å². The van der Waals surface area contributed by atoms with Crippen LogP contribution in [-0.4, -0.2) is 29.7 Å². The van der Waals surface area contributed by atoms with Gasteiger partial charge >= 0.3 is 0 Å². The lowest BCUT2D eigenvalue weighted by atomic mass is 9.95. The predicted molar refractivity (Wildman–Crippen MR) is 62.9 cm³/mol. The molecule has 0 spiro atoms. The molecule has 1 aromatic rings. The van der Waals surface area contributed by atoms with E-state index in [2.05, 4.69) is 10.1 Å². The van der Waals surface area contributed by atoms with Gasteiger partial charge in [-0.05, 0) is 45.2 Å². The number of hydrogen-bond donors (Lipinski definition) is 1. The molecule has 16 heavy (non-hydrogen) atoms. The monoisotopic (exact) mass is 223 g/mol. The van der Waals surface area contributed by atoms with Gasteiger partial charge in [-0.3, -0.25) is 4.90 Å². The van der Waals surface area contributed by atoms with Crippen molar-refractivity contribution in [2.45, 2.75) is 32.7 Å². The highest BCUT2D eigenvalue weighted by atomic mass is 16.5. The number of nitrogens with zero attached hydrogens (tertiary/aromatic N) is 2. The molecule has 0 aromatic carbocycles. The zero-order chi connectivity index (χ0) is 11.4. The predicted octanol–water partition coefficient (Wildman–Crippen LogP) is 1.54. The lowest BCUT2D eigenvalue weighted by molar-refractivity contribution is 0.159. The van der Waals surface area contributed by atoms with Crippen molar-refractivity contribution in [3.05, 3.63) is 17.5 Å². The van der Waals surface area contributed by atoms with Gasteiger partial charge in [-0.15, -0.1) is 0 Å². The lowest BCUT2D eigenvalue weighted by Gasteiger charge is -2.31. The summed E-state index contributed by atoms with van der Waals surface area (Å²) < 4.78 is 5.08. The number of aryl methyl sites for hydroxylation is 1. The van der Waals surface area contributed by atoms with Crippen molar-refractivity contribution in [1.29, 1.82) is 0 Å². The van der Waals surface area contributed by atoms with Gasteiger partial charge in [0.15, 0.2) is 0 Å². The number of hydrogen-bond acceptors (Lipinski definition) is 4. The lowest BCUT2D eigenvalue weighted by Crippen LogP contribution is -2.35. The maximum atomic E-state index is 5.61. The van der Waals surface area contributed by atoms with Crippen molar-refractivity contribution in [3.8, 4) is 0 Å². The number of aromatic nitrogens is 1. The minimum absolute atomic E-state index is 0.770. The third-order valence-electron chi connectivity index (χ3n) is 3.24. The van der Waals surface area contributed by atoms with E-state index in [9.17, 15) is 0 Å². The maximum Gasteiger partial charge on any atom is 0.133 e. The molecule has 0 bridgehead atoms. The molecule has 1 unspecified atom stereocenters. The number of nitrogens with two attached hydrogens (primary N) is 1. The summed E-state index contributed by atoms with van der Waals surface area (Å²) in [4.78, 5) is 2.46. The molecule has 2 heterocycles. The standard InChI is InChI=1S/C12H21N3O/c1-10-7-12(14-16-10)9-15-6-2-3-11(8-15)4-5-13/h7,11H,2-6,8-9,13H2,1H3. The first-order valence-electron chi connectivity index (χ1n) is 6.12. The Morgan fingerprint density at radius 3 is 3.19 bits per heavy atom. The molecular weight excluding hydrogens is 202 g/mol. The van der Waals surface area contributed by atoms with Crippen LogP contribution in [0.1, 0.15) is 30.7 Å². The Bertz CT molecular complexity index is 322. The van der Waals surface area contributed by atoms with Gasteiger partial charge in [0.25, 0.3) is 0 Å². The van der Waals surface area contributed by atoms with Crippen molar-refractivity contribution in [1.82, 2.24) is 10.1 Å². The number of rotatable bonds is 4. The molecule has 4 nitrogen and oxygen atoms in total. The summed E-state index contributed by atoms with van der Waals surface area (Å²) in [6.45, 7) is 5.99. The molecule has 4 heteroatoms. The minimum Gasteiger partial charge on any atom is -0.361 e. The molecule has 0 saturated carbocycles. The molecular formula is C12H21N3O.